The van der Waals surface area contributed by atoms with Gasteiger partial charge in [0.25, 0.3) is 0 Å². The average molecular weight is 397 g/mol. The fourth-order valence-corrected chi connectivity index (χ4v) is 3.69. The number of amides is 3. The van der Waals surface area contributed by atoms with Gasteiger partial charge in [0, 0.05) is 18.8 Å². The van der Waals surface area contributed by atoms with Gasteiger partial charge in [-0.1, -0.05) is 24.3 Å². The zero-order valence-corrected chi connectivity index (χ0v) is 15.6. The molecule has 0 unspecified atom stereocenters. The van der Waals surface area contributed by atoms with Crippen LogP contribution >= 0.6 is 0 Å². The molecule has 3 N–H and O–H groups in total. The topological polar surface area (TPSA) is 98.7 Å². The molecule has 3 amide bonds. The highest BCUT2D eigenvalue weighted by atomic mass is 19.1. The Balaban J connectivity index is 1.47. The van der Waals surface area contributed by atoms with Crippen LogP contribution in [0.5, 0.6) is 0 Å². The van der Waals surface area contributed by atoms with Crippen molar-refractivity contribution in [3.8, 4) is 0 Å². The van der Waals surface area contributed by atoms with Gasteiger partial charge in [-0.2, -0.15) is 0 Å². The number of aliphatic carboxylic acids is 1. The van der Waals surface area contributed by atoms with Crippen LogP contribution in [0.2, 0.25) is 0 Å². The number of hydrogen-bond donors (Lipinski definition) is 3. The predicted molar refractivity (Wildman–Crippen MR) is 104 cm³/mol. The molecule has 0 radical (unpaired) electrons. The van der Waals surface area contributed by atoms with E-state index in [1.807, 2.05) is 6.07 Å². The largest absolute Gasteiger partial charge is 0.480 e. The van der Waals surface area contributed by atoms with Crippen molar-refractivity contribution in [2.75, 3.05) is 17.2 Å². The minimum absolute atomic E-state index is 0.0787. The van der Waals surface area contributed by atoms with Crippen molar-refractivity contribution in [3.05, 3.63) is 59.4 Å². The smallest absolute Gasteiger partial charge is 0.323 e. The molecule has 29 heavy (non-hydrogen) atoms. The predicted octanol–water partition coefficient (Wildman–Crippen LogP) is 3.22. The molecule has 2 aliphatic rings. The molecule has 0 spiro atoms. The minimum atomic E-state index is -1.26. The highest BCUT2D eigenvalue weighted by molar-refractivity contribution is 6.05. The summed E-state index contributed by atoms with van der Waals surface area (Å²) in [6.07, 6.45) is 1.25. The quantitative estimate of drug-likeness (QED) is 0.690. The lowest BCUT2D eigenvalue weighted by Crippen LogP contribution is -2.43. The molecule has 2 aromatic carbocycles. The number of urea groups is 1. The van der Waals surface area contributed by atoms with E-state index in [2.05, 4.69) is 10.6 Å². The number of nitrogens with one attached hydrogen (secondary N) is 2. The molecular weight excluding hydrogens is 377 g/mol. The van der Waals surface area contributed by atoms with Crippen molar-refractivity contribution < 1.29 is 23.9 Å². The molecule has 1 fully saturated rings. The number of nitrogens with zero attached hydrogens (tertiary/aromatic N) is 1. The van der Waals surface area contributed by atoms with Gasteiger partial charge in [0.05, 0.1) is 5.69 Å². The Hall–Kier alpha value is -3.42. The monoisotopic (exact) mass is 397 g/mol. The van der Waals surface area contributed by atoms with Crippen molar-refractivity contribution in [3.63, 3.8) is 0 Å². The maximum Gasteiger partial charge on any atom is 0.323 e. The van der Waals surface area contributed by atoms with Gasteiger partial charge in [0.1, 0.15) is 11.2 Å². The van der Waals surface area contributed by atoms with E-state index in [1.165, 1.54) is 18.2 Å². The Bertz CT molecular complexity index is 1000. The molecule has 2 aromatic rings. The maximum absolute atomic E-state index is 13.7. The number of carbonyl (C=O) groups excluding carboxylic acids is 2. The molecule has 7 nitrogen and oxygen atoms in total. The van der Waals surface area contributed by atoms with Gasteiger partial charge in [0.15, 0.2) is 0 Å². The second-order valence-electron chi connectivity index (χ2n) is 7.37. The van der Waals surface area contributed by atoms with Crippen LogP contribution in [0.3, 0.4) is 0 Å². The van der Waals surface area contributed by atoms with E-state index in [0.29, 0.717) is 38.0 Å². The van der Waals surface area contributed by atoms with Crippen LogP contribution in [0.25, 0.3) is 0 Å². The summed E-state index contributed by atoms with van der Waals surface area (Å²) in [6.45, 7) is 0.683. The fourth-order valence-electron chi connectivity index (χ4n) is 3.69. The number of hydrogen-bond acceptors (Lipinski definition) is 3. The summed E-state index contributed by atoms with van der Waals surface area (Å²) in [5.74, 6) is -1.93. The molecule has 1 heterocycles. The van der Waals surface area contributed by atoms with Gasteiger partial charge in [-0.25, -0.2) is 9.18 Å². The zero-order valence-electron chi connectivity index (χ0n) is 15.6. The summed E-state index contributed by atoms with van der Waals surface area (Å²) >= 11 is 0. The highest BCUT2D eigenvalue weighted by Gasteiger charge is 2.58. The number of benzene rings is 2. The molecule has 4 rings (SSSR count). The van der Waals surface area contributed by atoms with Crippen LogP contribution < -0.4 is 10.6 Å². The second-order valence-corrected chi connectivity index (χ2v) is 7.37. The zero-order chi connectivity index (χ0) is 20.6. The van der Waals surface area contributed by atoms with Crippen LogP contribution in [0, 0.1) is 11.2 Å². The van der Waals surface area contributed by atoms with Crippen LogP contribution in [0.4, 0.5) is 20.6 Å². The number of carboxylic acids is 1. The van der Waals surface area contributed by atoms with E-state index < -0.39 is 23.2 Å². The number of anilines is 2. The first kappa shape index (κ1) is 18.9. The van der Waals surface area contributed by atoms with Gasteiger partial charge in [0.2, 0.25) is 5.91 Å². The number of fused-ring (bicyclic) bond motifs is 1. The Kier molecular flexibility index (Phi) is 4.70. The highest BCUT2D eigenvalue weighted by Crippen LogP contribution is 2.48. The Morgan fingerprint density at radius 3 is 2.38 bits per heavy atom. The molecule has 1 aliphatic carbocycles. The molecule has 150 valence electrons. The van der Waals surface area contributed by atoms with E-state index in [9.17, 15) is 23.9 Å². The first-order valence-electron chi connectivity index (χ1n) is 9.37. The Labute approximate surface area is 166 Å². The standard InChI is InChI=1S/C21H20FN3O4/c22-15-5-1-2-6-17(15)24-20(29)23-16-7-3-4-13-12-25(11-8-14(13)16)18(26)21(9-10-21)19(27)28/h1-7H,8-12H2,(H,27,28)(H2,23,24,29). The molecular formula is C21H20FN3O4. The van der Waals surface area contributed by atoms with Gasteiger partial charge in [-0.3, -0.25) is 9.59 Å². The Morgan fingerprint density at radius 1 is 1.00 bits per heavy atom. The number of carboxylic acid groups (broad SMARTS) is 1. The molecule has 0 atom stereocenters. The summed E-state index contributed by atoms with van der Waals surface area (Å²) in [6, 6.07) is 10.7. The minimum Gasteiger partial charge on any atom is -0.480 e. The maximum atomic E-state index is 13.7. The van der Waals surface area contributed by atoms with Crippen LogP contribution in [0.1, 0.15) is 24.0 Å². The van der Waals surface area contributed by atoms with Crippen molar-refractivity contribution in [1.82, 2.24) is 4.90 Å². The van der Waals surface area contributed by atoms with Gasteiger partial charge in [-0.05, 0) is 48.6 Å². The fraction of sp³-hybridized carbons (Fsp3) is 0.286. The van der Waals surface area contributed by atoms with Gasteiger partial charge in [-0.15, -0.1) is 0 Å². The van der Waals surface area contributed by atoms with Crippen molar-refractivity contribution in [2.45, 2.75) is 25.8 Å². The summed E-state index contributed by atoms with van der Waals surface area (Å²) in [7, 11) is 0. The molecule has 0 saturated heterocycles. The third-order valence-electron chi connectivity index (χ3n) is 5.49. The summed E-state index contributed by atoms with van der Waals surface area (Å²) in [4.78, 5) is 38.0. The lowest BCUT2D eigenvalue weighted by Gasteiger charge is -2.32. The lowest BCUT2D eigenvalue weighted by molar-refractivity contribution is -0.153. The Morgan fingerprint density at radius 2 is 1.69 bits per heavy atom. The number of para-hydroxylation sites is 1. The first-order chi connectivity index (χ1) is 13.9. The molecule has 1 aliphatic heterocycles. The average Bonchev–Trinajstić information content (AvgIpc) is 3.51. The third kappa shape index (κ3) is 3.53. The van der Waals surface area contributed by atoms with E-state index in [-0.39, 0.29) is 11.6 Å². The van der Waals surface area contributed by atoms with E-state index in [1.54, 1.807) is 23.1 Å². The molecule has 1 saturated carbocycles. The second kappa shape index (κ2) is 7.20. The van der Waals surface area contributed by atoms with Crippen molar-refractivity contribution in [2.24, 2.45) is 5.41 Å². The number of carbonyl (C=O) groups is 3. The van der Waals surface area contributed by atoms with Crippen LogP contribution in [0.15, 0.2) is 42.5 Å². The number of halogens is 1. The van der Waals surface area contributed by atoms with Crippen molar-refractivity contribution in [1.29, 1.82) is 0 Å². The van der Waals surface area contributed by atoms with Crippen LogP contribution in [-0.2, 0) is 22.6 Å². The SMILES string of the molecule is O=C(Nc1ccccc1F)Nc1cccc2c1CCN(C(=O)C1(C(=O)O)CC1)C2. The van der Waals surface area contributed by atoms with E-state index >= 15 is 0 Å². The lowest BCUT2D eigenvalue weighted by atomic mass is 9.95. The normalized spacial score (nSPS) is 16.5. The first-order valence-corrected chi connectivity index (χ1v) is 9.37. The summed E-state index contributed by atoms with van der Waals surface area (Å²) < 4.78 is 13.7. The molecule has 0 bridgehead atoms. The number of rotatable bonds is 4. The van der Waals surface area contributed by atoms with Gasteiger partial charge < -0.3 is 20.6 Å². The summed E-state index contributed by atoms with van der Waals surface area (Å²) in [5, 5.41) is 14.6. The van der Waals surface area contributed by atoms with Crippen molar-refractivity contribution >= 4 is 29.3 Å². The third-order valence-corrected chi connectivity index (χ3v) is 5.49. The van der Waals surface area contributed by atoms with E-state index in [0.717, 1.165) is 11.1 Å². The molecule has 8 heteroatoms. The summed E-state index contributed by atoms with van der Waals surface area (Å²) in [5.41, 5.74) is 1.15. The van der Waals surface area contributed by atoms with Crippen LogP contribution in [-0.4, -0.2) is 34.5 Å². The molecule has 0 aromatic heterocycles. The van der Waals surface area contributed by atoms with E-state index in [4.69, 9.17) is 0 Å². The van der Waals surface area contributed by atoms with Gasteiger partial charge >= 0.3 is 12.0 Å².